The van der Waals surface area contributed by atoms with Crippen LogP contribution in [-0.4, -0.2) is 30.9 Å². The highest BCUT2D eigenvalue weighted by atomic mass is 35.5. The van der Waals surface area contributed by atoms with Gasteiger partial charge in [-0.3, -0.25) is 14.4 Å². The first-order valence-corrected chi connectivity index (χ1v) is 5.83. The summed E-state index contributed by atoms with van der Waals surface area (Å²) in [6.07, 6.45) is 0. The van der Waals surface area contributed by atoms with Crippen LogP contribution in [0.3, 0.4) is 0 Å². The third-order valence-corrected chi connectivity index (χ3v) is 2.49. The third kappa shape index (κ3) is 5.15. The second-order valence-electron chi connectivity index (χ2n) is 3.43. The lowest BCUT2D eigenvalue weighted by Crippen LogP contribution is -2.32. The van der Waals surface area contributed by atoms with E-state index in [-0.39, 0.29) is 10.6 Å². The van der Waals surface area contributed by atoms with Crippen LogP contribution in [0.5, 0.6) is 0 Å². The summed E-state index contributed by atoms with van der Waals surface area (Å²) >= 11 is 11.5. The van der Waals surface area contributed by atoms with Crippen LogP contribution < -0.4 is 11.1 Å². The van der Waals surface area contributed by atoms with Crippen LogP contribution in [0.15, 0.2) is 18.2 Å². The Morgan fingerprint density at radius 2 is 1.95 bits per heavy atom. The average Bonchev–Trinajstić information content (AvgIpc) is 2.33. The fourth-order valence-electron chi connectivity index (χ4n) is 1.12. The molecule has 0 aromatic heterocycles. The van der Waals surface area contributed by atoms with Crippen LogP contribution in [0.25, 0.3) is 0 Å². The van der Waals surface area contributed by atoms with E-state index >= 15 is 0 Å². The molecule has 8 heteroatoms. The van der Waals surface area contributed by atoms with Gasteiger partial charge in [0.1, 0.15) is 6.54 Å². The molecule has 0 aliphatic carbocycles. The maximum atomic E-state index is 11.7. The predicted molar refractivity (Wildman–Crippen MR) is 68.9 cm³/mol. The molecule has 0 saturated carbocycles. The largest absolute Gasteiger partial charge is 0.454 e. The van der Waals surface area contributed by atoms with Crippen molar-refractivity contribution in [2.24, 2.45) is 5.73 Å². The lowest BCUT2D eigenvalue weighted by molar-refractivity contribution is -0.146. The molecule has 3 N–H and O–H groups in total. The van der Waals surface area contributed by atoms with Gasteiger partial charge in [-0.2, -0.15) is 0 Å². The number of primary amides is 1. The number of halogens is 2. The fourth-order valence-corrected chi connectivity index (χ4v) is 1.62. The van der Waals surface area contributed by atoms with Gasteiger partial charge >= 0.3 is 5.97 Å². The Morgan fingerprint density at radius 1 is 1.26 bits per heavy atom. The maximum absolute atomic E-state index is 11.7. The van der Waals surface area contributed by atoms with Gasteiger partial charge in [-0.05, 0) is 18.2 Å². The van der Waals surface area contributed by atoms with E-state index in [1.807, 2.05) is 0 Å². The van der Waals surface area contributed by atoms with Gasteiger partial charge in [0.2, 0.25) is 0 Å². The van der Waals surface area contributed by atoms with Gasteiger partial charge in [0.05, 0.1) is 10.6 Å². The second-order valence-corrected chi connectivity index (χ2v) is 4.28. The molecule has 0 radical (unpaired) electrons. The normalized spacial score (nSPS) is 9.79. The number of ether oxygens (including phenoxy) is 1. The van der Waals surface area contributed by atoms with E-state index in [0.717, 1.165) is 0 Å². The molecule has 0 aliphatic heterocycles. The summed E-state index contributed by atoms with van der Waals surface area (Å²) in [6.45, 7) is -0.929. The number of carbonyl (C=O) groups is 3. The molecule has 0 spiro atoms. The second kappa shape index (κ2) is 6.96. The first-order valence-electron chi connectivity index (χ1n) is 5.07. The minimum atomic E-state index is -0.780. The van der Waals surface area contributed by atoms with E-state index in [9.17, 15) is 14.4 Å². The quantitative estimate of drug-likeness (QED) is 0.784. The Kier molecular flexibility index (Phi) is 5.59. The third-order valence-electron chi connectivity index (χ3n) is 1.94. The molecule has 0 unspecified atom stereocenters. The van der Waals surface area contributed by atoms with Gasteiger partial charge in [-0.1, -0.05) is 23.2 Å². The van der Waals surface area contributed by atoms with E-state index in [0.29, 0.717) is 5.02 Å². The standard InChI is InChI=1S/C11H10Cl2N2O4/c12-6-1-2-7(8(13)3-6)11(18)15-4-10(17)19-5-9(14)16/h1-3H,4-5H2,(H2,14,16)(H,15,18). The molecule has 0 heterocycles. The van der Waals surface area contributed by atoms with Crippen LogP contribution >= 0.6 is 23.2 Å². The number of nitrogens with one attached hydrogen (secondary N) is 1. The molecule has 1 aromatic carbocycles. The number of hydrogen-bond donors (Lipinski definition) is 2. The number of carbonyl (C=O) groups excluding carboxylic acids is 3. The number of hydrogen-bond acceptors (Lipinski definition) is 4. The van der Waals surface area contributed by atoms with Crippen molar-refractivity contribution in [1.29, 1.82) is 0 Å². The van der Waals surface area contributed by atoms with E-state index < -0.39 is 30.9 Å². The molecule has 102 valence electrons. The Bertz CT molecular complexity index is 519. The Balaban J connectivity index is 2.51. The summed E-state index contributed by atoms with van der Waals surface area (Å²) in [4.78, 5) is 33.2. The first-order chi connectivity index (χ1) is 8.90. The summed E-state index contributed by atoms with van der Waals surface area (Å²) in [5.74, 6) is -2.12. The molecule has 1 rings (SSSR count). The fraction of sp³-hybridized carbons (Fsp3) is 0.182. The van der Waals surface area contributed by atoms with Crippen molar-refractivity contribution in [3.63, 3.8) is 0 Å². The van der Waals surface area contributed by atoms with Crippen LogP contribution in [0.2, 0.25) is 10.0 Å². The minimum absolute atomic E-state index is 0.163. The van der Waals surface area contributed by atoms with Gasteiger partial charge in [-0.15, -0.1) is 0 Å². The Morgan fingerprint density at radius 3 is 2.53 bits per heavy atom. The highest BCUT2D eigenvalue weighted by Crippen LogP contribution is 2.20. The molecular formula is C11H10Cl2N2O4. The molecule has 1 aromatic rings. The molecule has 0 atom stereocenters. The molecule has 2 amide bonds. The van der Waals surface area contributed by atoms with Crippen molar-refractivity contribution in [3.8, 4) is 0 Å². The van der Waals surface area contributed by atoms with Gasteiger partial charge in [0.25, 0.3) is 11.8 Å². The predicted octanol–water partition coefficient (Wildman–Crippen LogP) is 0.752. The van der Waals surface area contributed by atoms with Gasteiger partial charge in [0, 0.05) is 5.02 Å². The first kappa shape index (κ1) is 15.3. The average molecular weight is 305 g/mol. The van der Waals surface area contributed by atoms with Crippen LogP contribution in [0.4, 0.5) is 0 Å². The topological polar surface area (TPSA) is 98.5 Å². The van der Waals surface area contributed by atoms with Gasteiger partial charge in [-0.25, -0.2) is 0 Å². The molecule has 0 fully saturated rings. The number of esters is 1. The van der Waals surface area contributed by atoms with Crippen LogP contribution in [0, 0.1) is 0 Å². The van der Waals surface area contributed by atoms with E-state index in [4.69, 9.17) is 28.9 Å². The van der Waals surface area contributed by atoms with Crippen molar-refractivity contribution < 1.29 is 19.1 Å². The molecule has 6 nitrogen and oxygen atoms in total. The zero-order chi connectivity index (χ0) is 14.4. The molecule has 0 saturated heterocycles. The summed E-state index contributed by atoms with van der Waals surface area (Å²) in [6, 6.07) is 4.33. The lowest BCUT2D eigenvalue weighted by Gasteiger charge is -2.06. The molecular weight excluding hydrogens is 295 g/mol. The summed E-state index contributed by atoms with van der Waals surface area (Å²) < 4.78 is 4.46. The highest BCUT2D eigenvalue weighted by Gasteiger charge is 2.12. The van der Waals surface area contributed by atoms with Crippen molar-refractivity contribution in [1.82, 2.24) is 5.32 Å². The summed E-state index contributed by atoms with van der Waals surface area (Å²) in [5.41, 5.74) is 4.96. The molecule has 19 heavy (non-hydrogen) atoms. The van der Waals surface area contributed by atoms with Crippen molar-refractivity contribution >= 4 is 41.0 Å². The lowest BCUT2D eigenvalue weighted by atomic mass is 10.2. The maximum Gasteiger partial charge on any atom is 0.325 e. The van der Waals surface area contributed by atoms with E-state index in [1.165, 1.54) is 18.2 Å². The van der Waals surface area contributed by atoms with Crippen LogP contribution in [0.1, 0.15) is 10.4 Å². The summed E-state index contributed by atoms with van der Waals surface area (Å²) in [5, 5.41) is 2.84. The smallest absolute Gasteiger partial charge is 0.325 e. The van der Waals surface area contributed by atoms with E-state index in [2.05, 4.69) is 10.1 Å². The zero-order valence-corrected chi connectivity index (χ0v) is 11.1. The number of amides is 2. The number of nitrogens with two attached hydrogens (primary N) is 1. The van der Waals surface area contributed by atoms with Crippen molar-refractivity contribution in [2.75, 3.05) is 13.2 Å². The van der Waals surface area contributed by atoms with Crippen LogP contribution in [-0.2, 0) is 14.3 Å². The molecule has 0 bridgehead atoms. The SMILES string of the molecule is NC(=O)COC(=O)CNC(=O)c1ccc(Cl)cc1Cl. The zero-order valence-electron chi connectivity index (χ0n) is 9.61. The highest BCUT2D eigenvalue weighted by molar-refractivity contribution is 6.36. The van der Waals surface area contributed by atoms with Crippen molar-refractivity contribution in [3.05, 3.63) is 33.8 Å². The number of benzene rings is 1. The Hall–Kier alpha value is -1.79. The van der Waals surface area contributed by atoms with Crippen molar-refractivity contribution in [2.45, 2.75) is 0 Å². The Labute approximate surface area is 118 Å². The summed E-state index contributed by atoms with van der Waals surface area (Å²) in [7, 11) is 0. The molecule has 0 aliphatic rings. The number of rotatable bonds is 5. The van der Waals surface area contributed by atoms with Gasteiger partial charge < -0.3 is 15.8 Å². The minimum Gasteiger partial charge on any atom is -0.454 e. The van der Waals surface area contributed by atoms with Gasteiger partial charge in [0.15, 0.2) is 6.61 Å². The monoisotopic (exact) mass is 304 g/mol. The van der Waals surface area contributed by atoms with E-state index in [1.54, 1.807) is 0 Å².